The lowest BCUT2D eigenvalue weighted by Crippen LogP contribution is -2.60. The van der Waals surface area contributed by atoms with Crippen LogP contribution in [0.5, 0.6) is 0 Å². The van der Waals surface area contributed by atoms with Crippen LogP contribution in [0.25, 0.3) is 0 Å². The summed E-state index contributed by atoms with van der Waals surface area (Å²) in [5.74, 6) is -3.00. The average molecular weight is 391 g/mol. The van der Waals surface area contributed by atoms with Crippen LogP contribution >= 0.6 is 0 Å². The van der Waals surface area contributed by atoms with E-state index in [0.717, 1.165) is 24.8 Å². The molecule has 0 aromatic carbocycles. The molecule has 158 valence electrons. The van der Waals surface area contributed by atoms with Crippen molar-refractivity contribution in [2.45, 2.75) is 99.3 Å². The molecule has 0 heterocycles. The van der Waals surface area contributed by atoms with Gasteiger partial charge in [-0.2, -0.15) is 0 Å². The molecule has 0 aromatic heterocycles. The van der Waals surface area contributed by atoms with Crippen LogP contribution in [0.3, 0.4) is 0 Å². The van der Waals surface area contributed by atoms with E-state index >= 15 is 0 Å². The molecule has 0 saturated heterocycles. The van der Waals surface area contributed by atoms with E-state index in [1.165, 1.54) is 19.3 Å². The maximum atomic E-state index is 13.1. The standard InChI is InChI=1S/C24H38O4/c1-7-8-9-10-11-12-13-14-18(25)19-20(26)23(4,5)22(28)24(6,21(19)27)16-15-17(2)3/h15,19H,7-14,16H2,1-6H3. The van der Waals surface area contributed by atoms with E-state index < -0.39 is 28.3 Å². The van der Waals surface area contributed by atoms with Gasteiger partial charge in [0, 0.05) is 6.42 Å². The highest BCUT2D eigenvalue weighted by atomic mass is 16.2. The van der Waals surface area contributed by atoms with Crippen LogP contribution in [0.4, 0.5) is 0 Å². The quantitative estimate of drug-likeness (QED) is 0.268. The molecule has 1 fully saturated rings. The normalized spacial score (nSPS) is 24.4. The van der Waals surface area contributed by atoms with Gasteiger partial charge in [-0.1, -0.05) is 57.1 Å². The Kier molecular flexibility index (Phi) is 8.97. The Bertz CT molecular complexity index is 637. The second-order valence-corrected chi connectivity index (χ2v) is 9.27. The smallest absolute Gasteiger partial charge is 0.164 e. The first-order valence-electron chi connectivity index (χ1n) is 10.8. The Hall–Kier alpha value is -1.58. The van der Waals surface area contributed by atoms with Gasteiger partial charge in [0.15, 0.2) is 23.1 Å². The summed E-state index contributed by atoms with van der Waals surface area (Å²) >= 11 is 0. The summed E-state index contributed by atoms with van der Waals surface area (Å²) in [4.78, 5) is 51.8. The van der Waals surface area contributed by atoms with Crippen LogP contribution in [0.2, 0.25) is 0 Å². The molecule has 0 aromatic rings. The molecule has 0 bridgehead atoms. The molecule has 1 rings (SSSR count). The molecule has 0 radical (unpaired) electrons. The van der Waals surface area contributed by atoms with E-state index in [2.05, 4.69) is 6.92 Å². The first-order valence-corrected chi connectivity index (χ1v) is 10.8. The zero-order valence-corrected chi connectivity index (χ0v) is 18.7. The minimum absolute atomic E-state index is 0.235. The molecular formula is C24H38O4. The van der Waals surface area contributed by atoms with Gasteiger partial charge in [0.25, 0.3) is 0 Å². The maximum absolute atomic E-state index is 13.1. The Morgan fingerprint density at radius 3 is 1.96 bits per heavy atom. The highest BCUT2D eigenvalue weighted by Crippen LogP contribution is 2.44. The lowest BCUT2D eigenvalue weighted by atomic mass is 9.56. The number of hydrogen-bond acceptors (Lipinski definition) is 4. The van der Waals surface area contributed by atoms with Crippen molar-refractivity contribution in [2.24, 2.45) is 16.7 Å². The summed E-state index contributed by atoms with van der Waals surface area (Å²) in [6.07, 6.45) is 9.82. The van der Waals surface area contributed by atoms with Crippen LogP contribution in [0, 0.1) is 16.7 Å². The van der Waals surface area contributed by atoms with Crippen LogP contribution in [-0.4, -0.2) is 23.1 Å². The van der Waals surface area contributed by atoms with Gasteiger partial charge < -0.3 is 0 Å². The van der Waals surface area contributed by atoms with E-state index in [4.69, 9.17) is 0 Å². The maximum Gasteiger partial charge on any atom is 0.164 e. The first-order chi connectivity index (χ1) is 13.0. The number of rotatable bonds is 11. The number of Topliss-reactive ketones (excluding diaryl/α,β-unsaturated/α-hetero) is 4. The van der Waals surface area contributed by atoms with Gasteiger partial charge in [-0.05, 0) is 47.5 Å². The van der Waals surface area contributed by atoms with Crippen molar-refractivity contribution >= 4 is 23.1 Å². The van der Waals surface area contributed by atoms with E-state index in [9.17, 15) is 19.2 Å². The topological polar surface area (TPSA) is 68.3 Å². The Labute approximate surface area is 170 Å². The van der Waals surface area contributed by atoms with Crippen LogP contribution in [0.15, 0.2) is 11.6 Å². The number of carbonyl (C=O) groups excluding carboxylic acids is 4. The number of unbranched alkanes of at least 4 members (excludes halogenated alkanes) is 6. The second kappa shape index (κ2) is 10.3. The molecule has 1 saturated carbocycles. The third kappa shape index (κ3) is 5.48. The molecule has 0 spiro atoms. The van der Waals surface area contributed by atoms with Crippen molar-refractivity contribution in [3.8, 4) is 0 Å². The molecule has 2 unspecified atom stereocenters. The molecule has 4 heteroatoms. The van der Waals surface area contributed by atoms with E-state index in [1.54, 1.807) is 20.8 Å². The molecule has 1 aliphatic rings. The number of ketones is 4. The summed E-state index contributed by atoms with van der Waals surface area (Å²) < 4.78 is 0. The predicted molar refractivity (Wildman–Crippen MR) is 112 cm³/mol. The molecule has 1 aliphatic carbocycles. The highest BCUT2D eigenvalue weighted by Gasteiger charge is 2.61. The van der Waals surface area contributed by atoms with E-state index in [-0.39, 0.29) is 24.4 Å². The van der Waals surface area contributed by atoms with Gasteiger partial charge >= 0.3 is 0 Å². The largest absolute Gasteiger partial charge is 0.298 e. The predicted octanol–water partition coefficient (Wildman–Crippen LogP) is 5.42. The van der Waals surface area contributed by atoms with Gasteiger partial charge in [0.1, 0.15) is 5.92 Å². The van der Waals surface area contributed by atoms with Gasteiger partial charge in [0.2, 0.25) is 0 Å². The number of allylic oxidation sites excluding steroid dienone is 2. The van der Waals surface area contributed by atoms with Gasteiger partial charge in [-0.25, -0.2) is 0 Å². The third-order valence-corrected chi connectivity index (χ3v) is 6.02. The van der Waals surface area contributed by atoms with Crippen molar-refractivity contribution in [3.63, 3.8) is 0 Å². The summed E-state index contributed by atoms with van der Waals surface area (Å²) in [6, 6.07) is 0. The Balaban J connectivity index is 2.87. The van der Waals surface area contributed by atoms with E-state index in [1.807, 2.05) is 19.9 Å². The van der Waals surface area contributed by atoms with Crippen molar-refractivity contribution in [1.29, 1.82) is 0 Å². The third-order valence-electron chi connectivity index (χ3n) is 6.02. The summed E-state index contributed by atoms with van der Waals surface area (Å²) in [5.41, 5.74) is -1.61. The Morgan fingerprint density at radius 2 is 1.43 bits per heavy atom. The number of hydrogen-bond donors (Lipinski definition) is 0. The van der Waals surface area contributed by atoms with Gasteiger partial charge in [-0.15, -0.1) is 0 Å². The van der Waals surface area contributed by atoms with Gasteiger partial charge in [-0.3, -0.25) is 19.2 Å². The minimum atomic E-state index is -1.31. The lowest BCUT2D eigenvalue weighted by Gasteiger charge is -2.41. The number of carbonyl (C=O) groups is 4. The van der Waals surface area contributed by atoms with E-state index in [0.29, 0.717) is 6.42 Å². The molecular weight excluding hydrogens is 352 g/mol. The fourth-order valence-corrected chi connectivity index (χ4v) is 4.01. The summed E-state index contributed by atoms with van der Waals surface area (Å²) in [7, 11) is 0. The summed E-state index contributed by atoms with van der Waals surface area (Å²) in [5, 5.41) is 0. The van der Waals surface area contributed by atoms with Crippen LogP contribution in [0.1, 0.15) is 99.3 Å². The van der Waals surface area contributed by atoms with Crippen molar-refractivity contribution in [3.05, 3.63) is 11.6 Å². The van der Waals surface area contributed by atoms with Crippen LogP contribution < -0.4 is 0 Å². The zero-order chi connectivity index (χ0) is 21.5. The minimum Gasteiger partial charge on any atom is -0.298 e. The van der Waals surface area contributed by atoms with Gasteiger partial charge in [0.05, 0.1) is 10.8 Å². The molecule has 0 aliphatic heterocycles. The van der Waals surface area contributed by atoms with Crippen LogP contribution in [-0.2, 0) is 19.2 Å². The average Bonchev–Trinajstić information content (AvgIpc) is 2.63. The first kappa shape index (κ1) is 24.5. The molecule has 4 nitrogen and oxygen atoms in total. The molecule has 0 N–H and O–H groups in total. The fraction of sp³-hybridized carbons (Fsp3) is 0.750. The SMILES string of the molecule is CCCCCCCCCC(=O)C1C(=O)C(C)(C)C(=O)C(C)(CC=C(C)C)C1=O. The second-order valence-electron chi connectivity index (χ2n) is 9.27. The molecule has 0 amide bonds. The highest BCUT2D eigenvalue weighted by molar-refractivity contribution is 6.35. The molecule has 2 atom stereocenters. The lowest BCUT2D eigenvalue weighted by molar-refractivity contribution is -0.162. The van der Waals surface area contributed by atoms with Crippen molar-refractivity contribution in [2.75, 3.05) is 0 Å². The zero-order valence-electron chi connectivity index (χ0n) is 18.7. The summed E-state index contributed by atoms with van der Waals surface area (Å²) in [6.45, 7) is 10.7. The molecule has 28 heavy (non-hydrogen) atoms. The van der Waals surface area contributed by atoms with Crippen molar-refractivity contribution < 1.29 is 19.2 Å². The van der Waals surface area contributed by atoms with Crippen molar-refractivity contribution in [1.82, 2.24) is 0 Å². The fourth-order valence-electron chi connectivity index (χ4n) is 4.01. The monoisotopic (exact) mass is 390 g/mol. The Morgan fingerprint density at radius 1 is 0.893 bits per heavy atom.